The Morgan fingerprint density at radius 3 is 2.57 bits per heavy atom. The van der Waals surface area contributed by atoms with E-state index in [0.717, 1.165) is 76.2 Å². The van der Waals surface area contributed by atoms with Crippen molar-refractivity contribution in [1.82, 2.24) is 0 Å². The normalized spacial score (nSPS) is 23.3. The topological polar surface area (TPSA) is 12.0 Å². The molecule has 0 amide bonds. The highest BCUT2D eigenvalue weighted by atomic mass is 32.1. The summed E-state index contributed by atoms with van der Waals surface area (Å²) in [5.74, 6) is 0. The molecule has 0 aliphatic heterocycles. The molecule has 0 aromatic heterocycles. The highest BCUT2D eigenvalue weighted by Gasteiger charge is 2.35. The third-order valence-electron chi connectivity index (χ3n) is 8.95. The van der Waals surface area contributed by atoms with E-state index in [0.29, 0.717) is 0 Å². The van der Waals surface area contributed by atoms with Crippen molar-refractivity contribution in [1.29, 1.82) is 0 Å². The maximum atomic E-state index is 5.18. The standard InChI is InChI=1S/C45H49NS/c1-7-10-20-32-46-42-24-15-14-23-40(42)35(4)33-37(9-3)39-25-26-41(43(47)34-39)45(36(5)38-21-12-13-22-38)30-17-11-16-28-44(6,27-8-2)29-18-19-31-45/h7-10,12-16,18-21,23-29,31,34,46-47H,1,4-5,11,17,30,32-33H2,2-3,6H3/b20-10-,27-8-,28-16-,29-18-,31-19+,37-9+. The Balaban J connectivity index is 1.70. The average Bonchev–Trinajstić information content (AvgIpc) is 3.61. The summed E-state index contributed by atoms with van der Waals surface area (Å²) >= 11 is 5.18. The molecule has 0 spiro atoms. The molecule has 240 valence electrons. The van der Waals surface area contributed by atoms with Gasteiger partial charge in [-0.1, -0.05) is 129 Å². The zero-order valence-corrected chi connectivity index (χ0v) is 29.2. The number of anilines is 1. The van der Waals surface area contributed by atoms with Gasteiger partial charge in [-0.3, -0.25) is 0 Å². The summed E-state index contributed by atoms with van der Waals surface area (Å²) in [4.78, 5) is 0.953. The van der Waals surface area contributed by atoms with Crippen LogP contribution in [0.1, 0.15) is 63.1 Å². The summed E-state index contributed by atoms with van der Waals surface area (Å²) in [6.45, 7) is 20.1. The monoisotopic (exact) mass is 635 g/mol. The Morgan fingerprint density at radius 2 is 1.85 bits per heavy atom. The van der Waals surface area contributed by atoms with Gasteiger partial charge < -0.3 is 5.32 Å². The molecule has 0 fully saturated rings. The van der Waals surface area contributed by atoms with E-state index in [2.05, 4.69) is 154 Å². The van der Waals surface area contributed by atoms with Gasteiger partial charge in [-0.2, -0.15) is 0 Å². The summed E-state index contributed by atoms with van der Waals surface area (Å²) < 4.78 is 0. The van der Waals surface area contributed by atoms with Crippen LogP contribution in [-0.2, 0) is 5.41 Å². The third kappa shape index (κ3) is 8.86. The number of hydrogen-bond acceptors (Lipinski definition) is 2. The minimum atomic E-state index is -0.440. The fraction of sp³-hybridized carbons (Fsp3) is 0.222. The Morgan fingerprint density at radius 1 is 1.04 bits per heavy atom. The van der Waals surface area contributed by atoms with Gasteiger partial charge in [0.2, 0.25) is 0 Å². The van der Waals surface area contributed by atoms with Gasteiger partial charge >= 0.3 is 0 Å². The van der Waals surface area contributed by atoms with Crippen molar-refractivity contribution in [2.75, 3.05) is 11.9 Å². The van der Waals surface area contributed by atoms with Crippen LogP contribution < -0.4 is 5.32 Å². The number of allylic oxidation sites excluding steroid dienone is 17. The lowest BCUT2D eigenvalue weighted by Gasteiger charge is -2.35. The molecule has 0 saturated carbocycles. The molecule has 2 aliphatic carbocycles. The van der Waals surface area contributed by atoms with Crippen LogP contribution in [0.2, 0.25) is 0 Å². The van der Waals surface area contributed by atoms with E-state index in [1.165, 1.54) is 5.57 Å². The summed E-state index contributed by atoms with van der Waals surface area (Å²) in [5.41, 5.74) is 11.7. The van der Waals surface area contributed by atoms with Crippen LogP contribution in [0, 0.1) is 5.41 Å². The molecule has 2 aromatic carbocycles. The molecule has 0 heterocycles. The molecule has 1 N–H and O–H groups in total. The molecule has 0 saturated heterocycles. The SMILES string of the molecule is C=C/C=C\CNc1ccccc1C(=C)C/C(=C\C)c1ccc(C2(C(=C)C3=C=CC=C3)/C=C/C=C\C(C)(/C=C\C)/C=C\CCC2)c(S)c1. The van der Waals surface area contributed by atoms with Gasteiger partial charge in [-0.25, -0.2) is 0 Å². The lowest BCUT2D eigenvalue weighted by atomic mass is 9.68. The predicted molar refractivity (Wildman–Crippen MR) is 211 cm³/mol. The molecule has 0 bridgehead atoms. The number of para-hydroxylation sites is 1. The number of rotatable bonds is 12. The minimum Gasteiger partial charge on any atom is -0.381 e. The zero-order chi connectivity index (χ0) is 33.7. The third-order valence-corrected chi connectivity index (χ3v) is 9.32. The molecule has 4 rings (SSSR count). The van der Waals surface area contributed by atoms with Crippen LogP contribution in [0.5, 0.6) is 0 Å². The van der Waals surface area contributed by atoms with Crippen LogP contribution in [-0.4, -0.2) is 6.54 Å². The summed E-state index contributed by atoms with van der Waals surface area (Å²) in [5, 5.41) is 3.52. The molecular weight excluding hydrogens is 587 g/mol. The molecule has 1 nitrogen and oxygen atoms in total. The Labute approximate surface area is 289 Å². The lowest BCUT2D eigenvalue weighted by Crippen LogP contribution is -2.27. The Kier molecular flexibility index (Phi) is 12.7. The van der Waals surface area contributed by atoms with E-state index in [-0.39, 0.29) is 5.41 Å². The molecule has 2 aromatic rings. The van der Waals surface area contributed by atoms with Crippen molar-refractivity contribution >= 4 is 29.5 Å². The Bertz CT molecular complexity index is 1760. The molecule has 0 radical (unpaired) electrons. The number of hydrogen-bond donors (Lipinski definition) is 2. The summed E-state index contributed by atoms with van der Waals surface area (Å²) in [6.07, 6.45) is 35.7. The maximum Gasteiger partial charge on any atom is 0.0418 e. The van der Waals surface area contributed by atoms with E-state index in [9.17, 15) is 0 Å². The van der Waals surface area contributed by atoms with Crippen LogP contribution in [0.4, 0.5) is 5.69 Å². The van der Waals surface area contributed by atoms with Crippen molar-refractivity contribution in [3.8, 4) is 0 Å². The molecule has 2 heteroatoms. The predicted octanol–water partition coefficient (Wildman–Crippen LogP) is 12.5. The fourth-order valence-electron chi connectivity index (χ4n) is 6.41. The fourth-order valence-corrected chi connectivity index (χ4v) is 6.82. The van der Waals surface area contributed by atoms with Crippen LogP contribution in [0.25, 0.3) is 11.1 Å². The lowest BCUT2D eigenvalue weighted by molar-refractivity contribution is 0.542. The first-order valence-corrected chi connectivity index (χ1v) is 17.0. The highest BCUT2D eigenvalue weighted by molar-refractivity contribution is 7.80. The van der Waals surface area contributed by atoms with E-state index in [1.54, 1.807) is 6.08 Å². The molecular formula is C45H49NS. The highest BCUT2D eigenvalue weighted by Crippen LogP contribution is 2.45. The van der Waals surface area contributed by atoms with Crippen molar-refractivity contribution in [3.05, 3.63) is 187 Å². The second kappa shape index (κ2) is 16.9. The Hall–Kier alpha value is -4.49. The second-order valence-corrected chi connectivity index (χ2v) is 12.8. The molecule has 47 heavy (non-hydrogen) atoms. The first kappa shape index (κ1) is 35.4. The van der Waals surface area contributed by atoms with Crippen LogP contribution in [0.3, 0.4) is 0 Å². The largest absolute Gasteiger partial charge is 0.381 e. The average molecular weight is 636 g/mol. The minimum absolute atomic E-state index is 0.120. The van der Waals surface area contributed by atoms with Crippen molar-refractivity contribution in [2.45, 2.75) is 56.8 Å². The van der Waals surface area contributed by atoms with Crippen LogP contribution in [0.15, 0.2) is 175 Å². The second-order valence-electron chi connectivity index (χ2n) is 12.3. The van der Waals surface area contributed by atoms with E-state index in [1.807, 2.05) is 18.2 Å². The van der Waals surface area contributed by atoms with E-state index >= 15 is 0 Å². The van der Waals surface area contributed by atoms with Crippen molar-refractivity contribution in [2.24, 2.45) is 5.41 Å². The van der Waals surface area contributed by atoms with Gasteiger partial charge in [0.05, 0.1) is 0 Å². The van der Waals surface area contributed by atoms with Crippen molar-refractivity contribution in [3.63, 3.8) is 0 Å². The van der Waals surface area contributed by atoms with E-state index in [4.69, 9.17) is 19.2 Å². The first-order chi connectivity index (χ1) is 22.8. The molecule has 2 aliphatic rings. The van der Waals surface area contributed by atoms with Gasteiger partial charge in [0.1, 0.15) is 0 Å². The number of nitrogens with one attached hydrogen (secondary N) is 1. The summed E-state index contributed by atoms with van der Waals surface area (Å²) in [7, 11) is 0. The quantitative estimate of drug-likeness (QED) is 0.102. The van der Waals surface area contributed by atoms with Crippen LogP contribution >= 0.6 is 12.6 Å². The first-order valence-electron chi connectivity index (χ1n) is 16.6. The zero-order valence-electron chi connectivity index (χ0n) is 28.3. The van der Waals surface area contributed by atoms with E-state index < -0.39 is 5.41 Å². The van der Waals surface area contributed by atoms with Gasteiger partial charge in [-0.05, 0) is 98.6 Å². The van der Waals surface area contributed by atoms with Gasteiger partial charge in [0.15, 0.2) is 0 Å². The maximum absolute atomic E-state index is 5.18. The van der Waals surface area contributed by atoms with Gasteiger partial charge in [0, 0.05) is 39.1 Å². The summed E-state index contributed by atoms with van der Waals surface area (Å²) in [6, 6.07) is 15.1. The van der Waals surface area contributed by atoms with Gasteiger partial charge in [-0.15, -0.1) is 18.4 Å². The molecule has 2 atom stereocenters. The smallest absolute Gasteiger partial charge is 0.0418 e. The number of benzene rings is 2. The number of thiol groups is 1. The van der Waals surface area contributed by atoms with Crippen molar-refractivity contribution < 1.29 is 0 Å². The van der Waals surface area contributed by atoms with Gasteiger partial charge in [0.25, 0.3) is 0 Å². The molecule has 2 unspecified atom stereocenters.